The number of ether oxygens (including phenoxy) is 2. The standard InChI is InChI=1S/C15H15NO4/c1-19-13-9-5-3-7-11(13)16(15(17)18)12-8-4-6-10-14(12)20-2/h3-10H,1-2H3,(H,17,18). The van der Waals surface area contributed by atoms with Gasteiger partial charge in [-0.05, 0) is 24.3 Å². The van der Waals surface area contributed by atoms with Crippen LogP contribution in [0.3, 0.4) is 0 Å². The molecule has 0 atom stereocenters. The molecule has 0 aromatic heterocycles. The highest BCUT2D eigenvalue weighted by Crippen LogP contribution is 2.38. The Morgan fingerprint density at radius 2 is 1.30 bits per heavy atom. The van der Waals surface area contributed by atoms with Crippen LogP contribution in [0.15, 0.2) is 48.5 Å². The Bertz CT molecular complexity index is 565. The van der Waals surface area contributed by atoms with Gasteiger partial charge in [-0.25, -0.2) is 9.69 Å². The predicted octanol–water partition coefficient (Wildman–Crippen LogP) is 3.52. The fourth-order valence-electron chi connectivity index (χ4n) is 1.96. The Morgan fingerprint density at radius 1 is 0.900 bits per heavy atom. The van der Waals surface area contributed by atoms with Crippen molar-refractivity contribution in [3.8, 4) is 11.5 Å². The summed E-state index contributed by atoms with van der Waals surface area (Å²) in [5, 5.41) is 9.53. The van der Waals surface area contributed by atoms with Crippen molar-refractivity contribution in [2.45, 2.75) is 0 Å². The minimum absolute atomic E-state index is 0.437. The van der Waals surface area contributed by atoms with Gasteiger partial charge in [-0.15, -0.1) is 0 Å². The number of rotatable bonds is 4. The first kappa shape index (κ1) is 13.7. The van der Waals surface area contributed by atoms with E-state index in [1.165, 1.54) is 14.2 Å². The Kier molecular flexibility index (Phi) is 4.10. The Balaban J connectivity index is 2.60. The summed E-state index contributed by atoms with van der Waals surface area (Å²) in [6.45, 7) is 0. The van der Waals surface area contributed by atoms with Crippen LogP contribution in [0.2, 0.25) is 0 Å². The van der Waals surface area contributed by atoms with Crippen LogP contribution in [0.5, 0.6) is 11.5 Å². The van der Waals surface area contributed by atoms with Gasteiger partial charge in [-0.1, -0.05) is 24.3 Å². The molecule has 5 nitrogen and oxygen atoms in total. The summed E-state index contributed by atoms with van der Waals surface area (Å²) in [7, 11) is 3.00. The molecule has 2 rings (SSSR count). The number of nitrogens with zero attached hydrogens (tertiary/aromatic N) is 1. The molecule has 2 aromatic carbocycles. The van der Waals surface area contributed by atoms with Crippen LogP contribution in [-0.2, 0) is 0 Å². The first-order chi connectivity index (χ1) is 9.69. The van der Waals surface area contributed by atoms with E-state index in [1.54, 1.807) is 48.5 Å². The minimum Gasteiger partial charge on any atom is -0.495 e. The average Bonchev–Trinajstić information content (AvgIpc) is 2.48. The third-order valence-corrected chi connectivity index (χ3v) is 2.84. The molecule has 0 radical (unpaired) electrons. The van der Waals surface area contributed by atoms with Crippen molar-refractivity contribution in [3.05, 3.63) is 48.5 Å². The SMILES string of the molecule is COc1ccccc1N(C(=O)O)c1ccccc1OC. The molecule has 0 spiro atoms. The van der Waals surface area contributed by atoms with E-state index in [9.17, 15) is 9.90 Å². The second-order valence-electron chi connectivity index (χ2n) is 3.96. The lowest BCUT2D eigenvalue weighted by Crippen LogP contribution is -2.24. The lowest BCUT2D eigenvalue weighted by atomic mass is 10.2. The van der Waals surface area contributed by atoms with Crippen LogP contribution in [0.4, 0.5) is 16.2 Å². The highest BCUT2D eigenvalue weighted by molar-refractivity contribution is 5.98. The van der Waals surface area contributed by atoms with Crippen molar-refractivity contribution in [3.63, 3.8) is 0 Å². The topological polar surface area (TPSA) is 59.0 Å². The predicted molar refractivity (Wildman–Crippen MR) is 76.2 cm³/mol. The maximum absolute atomic E-state index is 11.7. The number of methoxy groups -OCH3 is 2. The van der Waals surface area contributed by atoms with Gasteiger partial charge in [0.15, 0.2) is 0 Å². The van der Waals surface area contributed by atoms with E-state index >= 15 is 0 Å². The van der Waals surface area contributed by atoms with Crippen molar-refractivity contribution in [1.29, 1.82) is 0 Å². The van der Waals surface area contributed by atoms with E-state index in [0.29, 0.717) is 22.9 Å². The van der Waals surface area contributed by atoms with Gasteiger partial charge in [0, 0.05) is 0 Å². The molecule has 0 aliphatic carbocycles. The summed E-state index contributed by atoms with van der Waals surface area (Å²) in [5.74, 6) is 0.946. The molecule has 0 aliphatic heterocycles. The summed E-state index contributed by atoms with van der Waals surface area (Å²) in [6.07, 6.45) is -1.11. The third kappa shape index (κ3) is 2.51. The van der Waals surface area contributed by atoms with Crippen molar-refractivity contribution in [2.75, 3.05) is 19.1 Å². The first-order valence-electron chi connectivity index (χ1n) is 5.98. The van der Waals surface area contributed by atoms with Gasteiger partial charge >= 0.3 is 6.09 Å². The zero-order valence-electron chi connectivity index (χ0n) is 11.2. The van der Waals surface area contributed by atoms with Crippen molar-refractivity contribution < 1.29 is 19.4 Å². The van der Waals surface area contributed by atoms with E-state index in [1.807, 2.05) is 0 Å². The van der Waals surface area contributed by atoms with Gasteiger partial charge in [0.1, 0.15) is 11.5 Å². The van der Waals surface area contributed by atoms with Crippen LogP contribution < -0.4 is 14.4 Å². The number of carbonyl (C=O) groups is 1. The highest BCUT2D eigenvalue weighted by atomic mass is 16.5. The molecule has 0 bridgehead atoms. The summed E-state index contributed by atoms with van der Waals surface area (Å²) >= 11 is 0. The number of hydrogen-bond donors (Lipinski definition) is 1. The van der Waals surface area contributed by atoms with E-state index in [2.05, 4.69) is 0 Å². The molecule has 0 unspecified atom stereocenters. The Morgan fingerprint density at radius 3 is 1.65 bits per heavy atom. The Hall–Kier alpha value is -2.69. The molecule has 0 saturated carbocycles. The fourth-order valence-corrected chi connectivity index (χ4v) is 1.96. The molecule has 0 aliphatic rings. The van der Waals surface area contributed by atoms with E-state index in [0.717, 1.165) is 4.90 Å². The summed E-state index contributed by atoms with van der Waals surface area (Å²) in [5.41, 5.74) is 0.874. The van der Waals surface area contributed by atoms with Gasteiger partial charge in [0.25, 0.3) is 0 Å². The Labute approximate surface area is 117 Å². The summed E-state index contributed by atoms with van der Waals surface area (Å²) in [4.78, 5) is 12.8. The van der Waals surface area contributed by atoms with Crippen molar-refractivity contribution in [2.24, 2.45) is 0 Å². The summed E-state index contributed by atoms with van der Waals surface area (Å²) in [6, 6.07) is 13.8. The van der Waals surface area contributed by atoms with Gasteiger partial charge in [-0.2, -0.15) is 0 Å². The summed E-state index contributed by atoms with van der Waals surface area (Å²) < 4.78 is 10.5. The number of para-hydroxylation sites is 4. The smallest absolute Gasteiger partial charge is 0.416 e. The molecule has 20 heavy (non-hydrogen) atoms. The zero-order valence-corrected chi connectivity index (χ0v) is 11.2. The van der Waals surface area contributed by atoms with Crippen LogP contribution in [0.25, 0.3) is 0 Å². The largest absolute Gasteiger partial charge is 0.495 e. The van der Waals surface area contributed by atoms with Crippen LogP contribution in [0.1, 0.15) is 0 Å². The second-order valence-corrected chi connectivity index (χ2v) is 3.96. The normalized spacial score (nSPS) is 9.90. The molecule has 104 valence electrons. The van der Waals surface area contributed by atoms with Gasteiger partial charge in [-0.3, -0.25) is 0 Å². The van der Waals surface area contributed by atoms with Gasteiger partial charge in [0.05, 0.1) is 25.6 Å². The molecular weight excluding hydrogens is 258 g/mol. The first-order valence-corrected chi connectivity index (χ1v) is 5.98. The molecule has 2 aromatic rings. The van der Waals surface area contributed by atoms with Crippen molar-refractivity contribution in [1.82, 2.24) is 0 Å². The molecule has 0 heterocycles. The fraction of sp³-hybridized carbons (Fsp3) is 0.133. The number of amides is 1. The molecule has 1 amide bonds. The lowest BCUT2D eigenvalue weighted by Gasteiger charge is -2.23. The lowest BCUT2D eigenvalue weighted by molar-refractivity contribution is 0.204. The van der Waals surface area contributed by atoms with Crippen molar-refractivity contribution >= 4 is 17.5 Å². The van der Waals surface area contributed by atoms with E-state index in [-0.39, 0.29) is 0 Å². The number of hydrogen-bond acceptors (Lipinski definition) is 3. The van der Waals surface area contributed by atoms with E-state index < -0.39 is 6.09 Å². The number of benzene rings is 2. The monoisotopic (exact) mass is 273 g/mol. The van der Waals surface area contributed by atoms with Crippen LogP contribution >= 0.6 is 0 Å². The van der Waals surface area contributed by atoms with Gasteiger partial charge < -0.3 is 14.6 Å². The maximum Gasteiger partial charge on any atom is 0.416 e. The average molecular weight is 273 g/mol. The quantitative estimate of drug-likeness (QED) is 0.925. The van der Waals surface area contributed by atoms with E-state index in [4.69, 9.17) is 9.47 Å². The maximum atomic E-state index is 11.7. The molecule has 0 fully saturated rings. The molecule has 1 N–H and O–H groups in total. The number of carboxylic acid groups (broad SMARTS) is 1. The van der Waals surface area contributed by atoms with Crippen LogP contribution in [-0.4, -0.2) is 25.4 Å². The third-order valence-electron chi connectivity index (χ3n) is 2.84. The number of anilines is 2. The molecule has 5 heteroatoms. The minimum atomic E-state index is -1.11. The second kappa shape index (κ2) is 5.97. The molecular formula is C15H15NO4. The molecule has 0 saturated heterocycles. The zero-order chi connectivity index (χ0) is 14.5. The highest BCUT2D eigenvalue weighted by Gasteiger charge is 2.23. The van der Waals surface area contributed by atoms with Crippen LogP contribution in [0, 0.1) is 0 Å². The van der Waals surface area contributed by atoms with Gasteiger partial charge in [0.2, 0.25) is 0 Å².